The molecule has 15 heavy (non-hydrogen) atoms. The minimum atomic E-state index is 0.292. The van der Waals surface area contributed by atoms with Gasteiger partial charge < -0.3 is 10.6 Å². The molecule has 1 heterocycles. The second kappa shape index (κ2) is 4.64. The smallest absolute Gasteiger partial charge is 0.0211 e. The Morgan fingerprint density at radius 1 is 1.40 bits per heavy atom. The van der Waals surface area contributed by atoms with Crippen molar-refractivity contribution in [3.05, 3.63) is 34.3 Å². The molecule has 2 rings (SSSR count). The molecule has 3 heteroatoms. The first-order valence-corrected chi connectivity index (χ1v) is 6.16. The zero-order valence-electron chi connectivity index (χ0n) is 8.99. The van der Waals surface area contributed by atoms with Crippen molar-refractivity contribution in [2.75, 3.05) is 20.1 Å². The van der Waals surface area contributed by atoms with Gasteiger partial charge in [0.15, 0.2) is 0 Å². The van der Waals surface area contributed by atoms with E-state index in [2.05, 4.69) is 46.1 Å². The largest absolute Gasteiger partial charge is 0.327 e. The van der Waals surface area contributed by atoms with Crippen molar-refractivity contribution in [2.24, 2.45) is 5.73 Å². The number of nitrogens with zero attached hydrogens (tertiary/aromatic N) is 1. The summed E-state index contributed by atoms with van der Waals surface area (Å²) in [6.45, 7) is 2.17. The summed E-state index contributed by atoms with van der Waals surface area (Å²) >= 11 is 3.61. The number of rotatable bonds is 1. The highest BCUT2D eigenvalue weighted by Crippen LogP contribution is 2.30. The molecule has 1 aromatic rings. The van der Waals surface area contributed by atoms with Crippen LogP contribution in [-0.4, -0.2) is 31.1 Å². The molecule has 1 aromatic carbocycles. The molecular weight excluding hydrogens is 252 g/mol. The zero-order chi connectivity index (χ0) is 10.8. The lowest BCUT2D eigenvalue weighted by Crippen LogP contribution is -2.44. The van der Waals surface area contributed by atoms with Crippen LogP contribution in [0.2, 0.25) is 0 Å². The lowest BCUT2D eigenvalue weighted by atomic mass is 9.87. The number of benzene rings is 1. The summed E-state index contributed by atoms with van der Waals surface area (Å²) in [5.41, 5.74) is 7.54. The standard InChI is InChI=1S/C12H17BrN2/c1-15-7-6-12(14)10(8-15)9-4-2-3-5-11(9)13/h2-5,10,12H,6-8,14H2,1H3. The lowest BCUT2D eigenvalue weighted by molar-refractivity contribution is 0.228. The summed E-state index contributed by atoms with van der Waals surface area (Å²) in [6.07, 6.45) is 1.09. The molecule has 1 saturated heterocycles. The maximum Gasteiger partial charge on any atom is 0.0211 e. The molecule has 0 radical (unpaired) electrons. The highest BCUT2D eigenvalue weighted by Gasteiger charge is 2.27. The first kappa shape index (κ1) is 11.1. The molecular formula is C12H17BrN2. The predicted molar refractivity (Wildman–Crippen MR) is 67.0 cm³/mol. The van der Waals surface area contributed by atoms with Crippen molar-refractivity contribution in [3.63, 3.8) is 0 Å². The van der Waals surface area contributed by atoms with Gasteiger partial charge in [-0.15, -0.1) is 0 Å². The summed E-state index contributed by atoms with van der Waals surface area (Å²) in [5.74, 6) is 0.458. The third-order valence-electron chi connectivity index (χ3n) is 3.17. The van der Waals surface area contributed by atoms with E-state index >= 15 is 0 Å². The molecule has 0 aromatic heterocycles. The first-order chi connectivity index (χ1) is 7.18. The average molecular weight is 269 g/mol. The molecule has 0 amide bonds. The second-order valence-electron chi connectivity index (χ2n) is 4.34. The van der Waals surface area contributed by atoms with Gasteiger partial charge in [0.25, 0.3) is 0 Å². The fourth-order valence-corrected chi connectivity index (χ4v) is 2.82. The summed E-state index contributed by atoms with van der Waals surface area (Å²) in [4.78, 5) is 2.35. The summed E-state index contributed by atoms with van der Waals surface area (Å²) in [5, 5.41) is 0. The van der Waals surface area contributed by atoms with Crippen molar-refractivity contribution in [1.82, 2.24) is 4.90 Å². The zero-order valence-corrected chi connectivity index (χ0v) is 10.6. The van der Waals surface area contributed by atoms with Gasteiger partial charge in [-0.05, 0) is 31.6 Å². The molecule has 1 aliphatic rings. The maximum atomic E-state index is 6.19. The Bertz CT molecular complexity index is 340. The number of hydrogen-bond acceptors (Lipinski definition) is 2. The van der Waals surface area contributed by atoms with Gasteiger partial charge in [-0.3, -0.25) is 0 Å². The molecule has 0 aliphatic carbocycles. The van der Waals surface area contributed by atoms with Crippen LogP contribution in [0.4, 0.5) is 0 Å². The van der Waals surface area contributed by atoms with Gasteiger partial charge in [0.1, 0.15) is 0 Å². The number of nitrogens with two attached hydrogens (primary N) is 1. The van der Waals surface area contributed by atoms with Gasteiger partial charge in [0.05, 0.1) is 0 Å². The molecule has 1 aliphatic heterocycles. The van der Waals surface area contributed by atoms with Crippen LogP contribution < -0.4 is 5.73 Å². The van der Waals surface area contributed by atoms with Crippen molar-refractivity contribution >= 4 is 15.9 Å². The summed E-state index contributed by atoms with van der Waals surface area (Å²) in [6, 6.07) is 8.69. The van der Waals surface area contributed by atoms with Gasteiger partial charge in [-0.2, -0.15) is 0 Å². The minimum absolute atomic E-state index is 0.292. The van der Waals surface area contributed by atoms with Gasteiger partial charge in [0.2, 0.25) is 0 Å². The summed E-state index contributed by atoms with van der Waals surface area (Å²) < 4.78 is 1.18. The van der Waals surface area contributed by atoms with E-state index < -0.39 is 0 Å². The Morgan fingerprint density at radius 2 is 2.13 bits per heavy atom. The first-order valence-electron chi connectivity index (χ1n) is 5.37. The van der Waals surface area contributed by atoms with E-state index in [1.807, 2.05) is 6.07 Å². The summed E-state index contributed by atoms with van der Waals surface area (Å²) in [7, 11) is 2.16. The number of hydrogen-bond donors (Lipinski definition) is 1. The minimum Gasteiger partial charge on any atom is -0.327 e. The molecule has 1 fully saturated rings. The SMILES string of the molecule is CN1CCC(N)C(c2ccccc2Br)C1. The fourth-order valence-electron chi connectivity index (χ4n) is 2.24. The van der Waals surface area contributed by atoms with Crippen LogP contribution in [-0.2, 0) is 0 Å². The average Bonchev–Trinajstić information content (AvgIpc) is 2.23. The maximum absolute atomic E-state index is 6.19. The normalized spacial score (nSPS) is 27.9. The molecule has 0 bridgehead atoms. The van der Waals surface area contributed by atoms with Gasteiger partial charge in [-0.1, -0.05) is 34.1 Å². The highest BCUT2D eigenvalue weighted by atomic mass is 79.9. The molecule has 0 spiro atoms. The van der Waals surface area contributed by atoms with E-state index in [1.54, 1.807) is 0 Å². The molecule has 2 N–H and O–H groups in total. The van der Waals surface area contributed by atoms with Crippen molar-refractivity contribution in [2.45, 2.75) is 18.4 Å². The van der Waals surface area contributed by atoms with E-state index in [0.29, 0.717) is 12.0 Å². The lowest BCUT2D eigenvalue weighted by Gasteiger charge is -2.35. The third kappa shape index (κ3) is 2.41. The van der Waals surface area contributed by atoms with E-state index in [-0.39, 0.29) is 0 Å². The van der Waals surface area contributed by atoms with E-state index in [0.717, 1.165) is 19.5 Å². The van der Waals surface area contributed by atoms with Crippen molar-refractivity contribution in [1.29, 1.82) is 0 Å². The van der Waals surface area contributed by atoms with Crippen LogP contribution in [0, 0.1) is 0 Å². The quantitative estimate of drug-likeness (QED) is 0.846. The van der Waals surface area contributed by atoms with Crippen LogP contribution >= 0.6 is 15.9 Å². The molecule has 0 saturated carbocycles. The molecule has 2 atom stereocenters. The number of likely N-dealkylation sites (N-methyl/N-ethyl adjacent to an activating group) is 1. The monoisotopic (exact) mass is 268 g/mol. The van der Waals surface area contributed by atoms with Crippen LogP contribution in [0.25, 0.3) is 0 Å². The van der Waals surface area contributed by atoms with Crippen LogP contribution in [0.15, 0.2) is 28.7 Å². The van der Waals surface area contributed by atoms with Crippen molar-refractivity contribution in [3.8, 4) is 0 Å². The highest BCUT2D eigenvalue weighted by molar-refractivity contribution is 9.10. The molecule has 2 nitrogen and oxygen atoms in total. The third-order valence-corrected chi connectivity index (χ3v) is 3.90. The molecule has 2 unspecified atom stereocenters. The molecule has 82 valence electrons. The van der Waals surface area contributed by atoms with E-state index in [4.69, 9.17) is 5.73 Å². The fraction of sp³-hybridized carbons (Fsp3) is 0.500. The number of piperidine rings is 1. The number of likely N-dealkylation sites (tertiary alicyclic amines) is 1. The number of halogens is 1. The Kier molecular flexibility index (Phi) is 3.44. The van der Waals surface area contributed by atoms with Gasteiger partial charge in [-0.25, -0.2) is 0 Å². The van der Waals surface area contributed by atoms with Gasteiger partial charge >= 0.3 is 0 Å². The van der Waals surface area contributed by atoms with E-state index in [1.165, 1.54) is 10.0 Å². The van der Waals surface area contributed by atoms with Gasteiger partial charge in [0, 0.05) is 23.0 Å². The van der Waals surface area contributed by atoms with E-state index in [9.17, 15) is 0 Å². The van der Waals surface area contributed by atoms with Crippen LogP contribution in [0.1, 0.15) is 17.9 Å². The Labute approximate surface area is 99.6 Å². The predicted octanol–water partition coefficient (Wildman–Crippen LogP) is 2.20. The van der Waals surface area contributed by atoms with Crippen LogP contribution in [0.3, 0.4) is 0 Å². The Morgan fingerprint density at radius 3 is 2.87 bits per heavy atom. The second-order valence-corrected chi connectivity index (χ2v) is 5.20. The van der Waals surface area contributed by atoms with Crippen molar-refractivity contribution < 1.29 is 0 Å². The van der Waals surface area contributed by atoms with Crippen LogP contribution in [0.5, 0.6) is 0 Å². The Hall–Kier alpha value is -0.380. The topological polar surface area (TPSA) is 29.3 Å². The Balaban J connectivity index is 2.25.